The first-order valence-electron chi connectivity index (χ1n) is 8.38. The topological polar surface area (TPSA) is 79.4 Å². The van der Waals surface area contributed by atoms with E-state index >= 15 is 0 Å². The summed E-state index contributed by atoms with van der Waals surface area (Å²) in [5.74, 6) is 0.769. The van der Waals surface area contributed by atoms with E-state index in [1.807, 2.05) is 43.3 Å². The summed E-state index contributed by atoms with van der Waals surface area (Å²) in [5, 5.41) is 5.91. The second-order valence-corrected chi connectivity index (χ2v) is 6.01. The van der Waals surface area contributed by atoms with Crippen LogP contribution in [0.1, 0.15) is 10.5 Å². The first-order chi connectivity index (χ1) is 13.0. The van der Waals surface area contributed by atoms with Crippen molar-refractivity contribution in [3.8, 4) is 5.75 Å². The maximum absolute atomic E-state index is 12.4. The quantitative estimate of drug-likeness (QED) is 0.697. The van der Waals surface area contributed by atoms with Crippen LogP contribution in [-0.4, -0.2) is 37.1 Å². The van der Waals surface area contributed by atoms with Gasteiger partial charge in [-0.05, 0) is 54.6 Å². The molecule has 0 saturated carbocycles. The Kier molecular flexibility index (Phi) is 5.51. The zero-order valence-electron chi connectivity index (χ0n) is 15.4. The Labute approximate surface area is 158 Å². The third kappa shape index (κ3) is 4.72. The number of carbonyl (C=O) groups is 1. The van der Waals surface area contributed by atoms with Crippen molar-refractivity contribution in [2.24, 2.45) is 0 Å². The molecule has 7 nitrogen and oxygen atoms in total. The highest BCUT2D eigenvalue weighted by Crippen LogP contribution is 2.19. The molecule has 0 aliphatic heterocycles. The Morgan fingerprint density at radius 1 is 0.963 bits per heavy atom. The van der Waals surface area contributed by atoms with Crippen molar-refractivity contribution < 1.29 is 9.53 Å². The Hall–Kier alpha value is -3.61. The molecule has 0 radical (unpaired) electrons. The summed E-state index contributed by atoms with van der Waals surface area (Å²) >= 11 is 0. The lowest BCUT2D eigenvalue weighted by Crippen LogP contribution is -2.14. The molecule has 0 spiro atoms. The van der Waals surface area contributed by atoms with Crippen LogP contribution in [0.5, 0.6) is 5.75 Å². The third-order valence-electron chi connectivity index (χ3n) is 3.88. The SMILES string of the molecule is COc1ccc(NC(=O)c2ccnc(Nc3ccc(N(C)C)cc3)n2)cc1. The summed E-state index contributed by atoms with van der Waals surface area (Å²) in [7, 11) is 5.56. The number of amides is 1. The first-order valence-corrected chi connectivity index (χ1v) is 8.38. The minimum Gasteiger partial charge on any atom is -0.497 e. The average Bonchev–Trinajstić information content (AvgIpc) is 2.69. The predicted octanol–water partition coefficient (Wildman–Crippen LogP) is 3.55. The van der Waals surface area contributed by atoms with E-state index in [0.29, 0.717) is 11.6 Å². The van der Waals surface area contributed by atoms with Crippen molar-refractivity contribution in [2.45, 2.75) is 0 Å². The number of benzene rings is 2. The number of anilines is 4. The molecule has 0 bridgehead atoms. The van der Waals surface area contributed by atoms with Gasteiger partial charge in [-0.2, -0.15) is 0 Å². The standard InChI is InChI=1S/C20H21N5O2/c1-25(2)16-8-4-15(5-9-16)23-20-21-13-12-18(24-20)19(26)22-14-6-10-17(27-3)11-7-14/h4-13H,1-3H3,(H,22,26)(H,21,23,24). The summed E-state index contributed by atoms with van der Waals surface area (Å²) < 4.78 is 5.11. The number of hydrogen-bond acceptors (Lipinski definition) is 6. The molecule has 3 rings (SSSR count). The lowest BCUT2D eigenvalue weighted by Gasteiger charge is -2.13. The van der Waals surface area contributed by atoms with E-state index in [1.165, 1.54) is 0 Å². The highest BCUT2D eigenvalue weighted by molar-refractivity contribution is 6.03. The molecule has 2 N–H and O–H groups in total. The highest BCUT2D eigenvalue weighted by Gasteiger charge is 2.10. The molecule has 7 heteroatoms. The fourth-order valence-corrected chi connectivity index (χ4v) is 2.39. The number of methoxy groups -OCH3 is 1. The maximum atomic E-state index is 12.4. The molecular weight excluding hydrogens is 342 g/mol. The van der Waals surface area contributed by atoms with Crippen LogP contribution in [0, 0.1) is 0 Å². The molecular formula is C20H21N5O2. The van der Waals surface area contributed by atoms with E-state index in [-0.39, 0.29) is 11.6 Å². The molecule has 0 fully saturated rings. The van der Waals surface area contributed by atoms with Crippen molar-refractivity contribution >= 4 is 28.9 Å². The molecule has 0 aliphatic rings. The molecule has 1 amide bonds. The van der Waals surface area contributed by atoms with E-state index in [1.54, 1.807) is 43.6 Å². The number of nitrogens with one attached hydrogen (secondary N) is 2. The van der Waals surface area contributed by atoms with Crippen LogP contribution in [0.25, 0.3) is 0 Å². The predicted molar refractivity (Wildman–Crippen MR) is 107 cm³/mol. The van der Waals surface area contributed by atoms with Crippen LogP contribution in [0.4, 0.5) is 23.0 Å². The van der Waals surface area contributed by atoms with Crippen molar-refractivity contribution in [3.05, 3.63) is 66.5 Å². The summed E-state index contributed by atoms with van der Waals surface area (Å²) in [6, 6.07) is 16.5. The molecule has 1 heterocycles. The lowest BCUT2D eigenvalue weighted by molar-refractivity contribution is 0.102. The molecule has 0 atom stereocenters. The fourth-order valence-electron chi connectivity index (χ4n) is 2.39. The van der Waals surface area contributed by atoms with Crippen LogP contribution < -0.4 is 20.3 Å². The number of aromatic nitrogens is 2. The smallest absolute Gasteiger partial charge is 0.274 e. The summed E-state index contributed by atoms with van der Waals surface area (Å²) in [5.41, 5.74) is 2.86. The van der Waals surface area contributed by atoms with Gasteiger partial charge in [0.25, 0.3) is 5.91 Å². The number of hydrogen-bond donors (Lipinski definition) is 2. The van der Waals surface area contributed by atoms with E-state index in [4.69, 9.17) is 4.74 Å². The van der Waals surface area contributed by atoms with Gasteiger partial charge < -0.3 is 20.3 Å². The Bertz CT molecular complexity index is 908. The lowest BCUT2D eigenvalue weighted by atomic mass is 10.2. The van der Waals surface area contributed by atoms with Crippen molar-refractivity contribution in [3.63, 3.8) is 0 Å². The van der Waals surface area contributed by atoms with Crippen LogP contribution in [0.15, 0.2) is 60.8 Å². The minimum absolute atomic E-state index is 0.272. The molecule has 2 aromatic carbocycles. The van der Waals surface area contributed by atoms with Gasteiger partial charge in [0.15, 0.2) is 0 Å². The molecule has 138 valence electrons. The second-order valence-electron chi connectivity index (χ2n) is 6.01. The zero-order chi connectivity index (χ0) is 19.2. The Balaban J connectivity index is 1.69. The fraction of sp³-hybridized carbons (Fsp3) is 0.150. The molecule has 0 unspecified atom stereocenters. The monoisotopic (exact) mass is 363 g/mol. The number of carbonyl (C=O) groups excluding carboxylic acids is 1. The normalized spacial score (nSPS) is 10.2. The van der Waals surface area contributed by atoms with Crippen LogP contribution in [0.3, 0.4) is 0 Å². The van der Waals surface area contributed by atoms with Gasteiger partial charge in [0.1, 0.15) is 11.4 Å². The van der Waals surface area contributed by atoms with Gasteiger partial charge >= 0.3 is 0 Å². The van der Waals surface area contributed by atoms with Gasteiger partial charge in [-0.1, -0.05) is 0 Å². The van der Waals surface area contributed by atoms with E-state index in [2.05, 4.69) is 20.6 Å². The number of ether oxygens (including phenoxy) is 1. The van der Waals surface area contributed by atoms with Gasteiger partial charge in [-0.3, -0.25) is 4.79 Å². The van der Waals surface area contributed by atoms with Crippen LogP contribution >= 0.6 is 0 Å². The Morgan fingerprint density at radius 2 is 1.63 bits per heavy atom. The van der Waals surface area contributed by atoms with Crippen LogP contribution in [-0.2, 0) is 0 Å². The number of nitrogens with zero attached hydrogens (tertiary/aromatic N) is 3. The second kappa shape index (κ2) is 8.18. The average molecular weight is 363 g/mol. The molecule has 1 aromatic heterocycles. The first kappa shape index (κ1) is 18.2. The van der Waals surface area contributed by atoms with Gasteiger partial charge in [0, 0.05) is 37.4 Å². The molecule has 27 heavy (non-hydrogen) atoms. The summed E-state index contributed by atoms with van der Waals surface area (Å²) in [6.07, 6.45) is 1.55. The third-order valence-corrected chi connectivity index (χ3v) is 3.88. The summed E-state index contributed by atoms with van der Waals surface area (Å²) in [4.78, 5) is 22.9. The van der Waals surface area contributed by atoms with Crippen LogP contribution in [0.2, 0.25) is 0 Å². The molecule has 0 saturated heterocycles. The van der Waals surface area contributed by atoms with Crippen molar-refractivity contribution in [2.75, 3.05) is 36.7 Å². The van der Waals surface area contributed by atoms with Gasteiger partial charge in [0.05, 0.1) is 7.11 Å². The minimum atomic E-state index is -0.312. The van der Waals surface area contributed by atoms with Gasteiger partial charge in [-0.25, -0.2) is 9.97 Å². The Morgan fingerprint density at radius 3 is 2.26 bits per heavy atom. The summed E-state index contributed by atoms with van der Waals surface area (Å²) in [6.45, 7) is 0. The highest BCUT2D eigenvalue weighted by atomic mass is 16.5. The van der Waals surface area contributed by atoms with E-state index in [9.17, 15) is 4.79 Å². The number of rotatable bonds is 6. The van der Waals surface area contributed by atoms with E-state index < -0.39 is 0 Å². The van der Waals surface area contributed by atoms with Crippen molar-refractivity contribution in [1.82, 2.24) is 9.97 Å². The van der Waals surface area contributed by atoms with Gasteiger partial charge in [-0.15, -0.1) is 0 Å². The maximum Gasteiger partial charge on any atom is 0.274 e. The zero-order valence-corrected chi connectivity index (χ0v) is 15.4. The van der Waals surface area contributed by atoms with Crippen molar-refractivity contribution in [1.29, 1.82) is 0 Å². The van der Waals surface area contributed by atoms with E-state index in [0.717, 1.165) is 17.1 Å². The molecule has 0 aliphatic carbocycles. The molecule has 3 aromatic rings. The van der Waals surface area contributed by atoms with Gasteiger partial charge in [0.2, 0.25) is 5.95 Å². The largest absolute Gasteiger partial charge is 0.497 e.